The van der Waals surface area contributed by atoms with Gasteiger partial charge in [-0.05, 0) is 13.0 Å². The largest absolute Gasteiger partial charge is 0.342 e. The van der Waals surface area contributed by atoms with Gasteiger partial charge in [-0.2, -0.15) is 0 Å². The SMILES string of the molecule is C=CCc1nc2c(C)nccc2[nH]1. The number of hydrogen-bond acceptors (Lipinski definition) is 2. The summed E-state index contributed by atoms with van der Waals surface area (Å²) in [5.74, 6) is 0.945. The fourth-order valence-electron chi connectivity index (χ4n) is 1.35. The van der Waals surface area contributed by atoms with E-state index in [0.717, 1.165) is 29.0 Å². The lowest BCUT2D eigenvalue weighted by Gasteiger charge is -1.89. The first-order valence-electron chi connectivity index (χ1n) is 4.22. The lowest BCUT2D eigenvalue weighted by molar-refractivity contribution is 1.07. The van der Waals surface area contributed by atoms with Gasteiger partial charge >= 0.3 is 0 Å². The molecule has 0 aromatic carbocycles. The molecule has 2 aromatic rings. The molecule has 0 bridgehead atoms. The molecule has 0 spiro atoms. The second-order valence-electron chi connectivity index (χ2n) is 2.97. The van der Waals surface area contributed by atoms with Crippen molar-refractivity contribution in [1.82, 2.24) is 15.0 Å². The number of aromatic nitrogens is 3. The van der Waals surface area contributed by atoms with Crippen LogP contribution in [-0.2, 0) is 6.42 Å². The van der Waals surface area contributed by atoms with Crippen molar-refractivity contribution in [3.8, 4) is 0 Å². The molecule has 0 amide bonds. The van der Waals surface area contributed by atoms with Crippen LogP contribution in [0.2, 0.25) is 0 Å². The van der Waals surface area contributed by atoms with Crippen molar-refractivity contribution in [3.05, 3.63) is 36.4 Å². The van der Waals surface area contributed by atoms with Gasteiger partial charge in [0.05, 0.1) is 11.2 Å². The van der Waals surface area contributed by atoms with Crippen LogP contribution in [-0.4, -0.2) is 15.0 Å². The van der Waals surface area contributed by atoms with Crippen molar-refractivity contribution < 1.29 is 0 Å². The predicted octanol–water partition coefficient (Wildman–Crippen LogP) is 1.99. The summed E-state index contributed by atoms with van der Waals surface area (Å²) in [4.78, 5) is 11.8. The van der Waals surface area contributed by atoms with Gasteiger partial charge in [0, 0.05) is 12.6 Å². The summed E-state index contributed by atoms with van der Waals surface area (Å²) in [5.41, 5.74) is 2.97. The molecule has 2 heterocycles. The van der Waals surface area contributed by atoms with Gasteiger partial charge in [-0.3, -0.25) is 4.98 Å². The maximum Gasteiger partial charge on any atom is 0.111 e. The number of fused-ring (bicyclic) bond motifs is 1. The second kappa shape index (κ2) is 3.01. The van der Waals surface area contributed by atoms with E-state index in [1.54, 1.807) is 6.20 Å². The Morgan fingerprint density at radius 2 is 2.46 bits per heavy atom. The zero-order valence-electron chi connectivity index (χ0n) is 7.54. The molecule has 0 aliphatic rings. The summed E-state index contributed by atoms with van der Waals surface area (Å²) in [5, 5.41) is 0. The van der Waals surface area contributed by atoms with E-state index >= 15 is 0 Å². The van der Waals surface area contributed by atoms with Crippen LogP contribution in [0.25, 0.3) is 11.0 Å². The summed E-state index contributed by atoms with van der Waals surface area (Å²) < 4.78 is 0. The van der Waals surface area contributed by atoms with Crippen LogP contribution in [0, 0.1) is 6.92 Å². The zero-order valence-corrected chi connectivity index (χ0v) is 7.54. The average Bonchev–Trinajstić information content (AvgIpc) is 2.49. The Balaban J connectivity index is 2.61. The van der Waals surface area contributed by atoms with Gasteiger partial charge in [-0.25, -0.2) is 4.98 Å². The monoisotopic (exact) mass is 173 g/mol. The Bertz CT molecular complexity index is 442. The van der Waals surface area contributed by atoms with E-state index in [2.05, 4.69) is 21.5 Å². The fourth-order valence-corrected chi connectivity index (χ4v) is 1.35. The Morgan fingerprint density at radius 3 is 3.15 bits per heavy atom. The van der Waals surface area contributed by atoms with Crippen LogP contribution in [0.4, 0.5) is 0 Å². The Kier molecular flexibility index (Phi) is 1.85. The van der Waals surface area contributed by atoms with Crippen LogP contribution < -0.4 is 0 Å². The van der Waals surface area contributed by atoms with E-state index in [9.17, 15) is 0 Å². The third-order valence-electron chi connectivity index (χ3n) is 1.97. The summed E-state index contributed by atoms with van der Waals surface area (Å²) in [7, 11) is 0. The van der Waals surface area contributed by atoms with Crippen molar-refractivity contribution in [2.24, 2.45) is 0 Å². The van der Waals surface area contributed by atoms with Gasteiger partial charge < -0.3 is 4.98 Å². The highest BCUT2D eigenvalue weighted by atomic mass is 14.9. The highest BCUT2D eigenvalue weighted by Gasteiger charge is 2.03. The molecule has 3 nitrogen and oxygen atoms in total. The number of pyridine rings is 1. The minimum Gasteiger partial charge on any atom is -0.342 e. The molecule has 0 saturated carbocycles. The summed E-state index contributed by atoms with van der Waals surface area (Å²) in [6.07, 6.45) is 4.39. The smallest absolute Gasteiger partial charge is 0.111 e. The Morgan fingerprint density at radius 1 is 1.62 bits per heavy atom. The van der Waals surface area contributed by atoms with Gasteiger partial charge in [0.25, 0.3) is 0 Å². The lowest BCUT2D eigenvalue weighted by atomic mass is 10.3. The van der Waals surface area contributed by atoms with E-state index in [1.807, 2.05) is 19.1 Å². The first-order chi connectivity index (χ1) is 6.31. The second-order valence-corrected chi connectivity index (χ2v) is 2.97. The maximum atomic E-state index is 4.41. The molecule has 66 valence electrons. The molecule has 0 radical (unpaired) electrons. The number of aryl methyl sites for hydroxylation is 1. The molecule has 0 fully saturated rings. The van der Waals surface area contributed by atoms with Gasteiger partial charge in [-0.1, -0.05) is 6.08 Å². The summed E-state index contributed by atoms with van der Waals surface area (Å²) in [6, 6.07) is 1.93. The molecule has 0 saturated heterocycles. The molecular weight excluding hydrogens is 162 g/mol. The van der Waals surface area contributed by atoms with Gasteiger partial charge in [-0.15, -0.1) is 6.58 Å². The molecule has 0 atom stereocenters. The first-order valence-corrected chi connectivity index (χ1v) is 4.22. The van der Waals surface area contributed by atoms with Crippen LogP contribution in [0.15, 0.2) is 24.9 Å². The molecule has 3 heteroatoms. The number of aromatic amines is 1. The summed E-state index contributed by atoms with van der Waals surface area (Å²) >= 11 is 0. The third-order valence-corrected chi connectivity index (χ3v) is 1.97. The Hall–Kier alpha value is -1.64. The van der Waals surface area contributed by atoms with Crippen LogP contribution in [0.1, 0.15) is 11.5 Å². The lowest BCUT2D eigenvalue weighted by Crippen LogP contribution is -1.82. The van der Waals surface area contributed by atoms with E-state index in [4.69, 9.17) is 0 Å². The topological polar surface area (TPSA) is 41.6 Å². The number of nitrogens with one attached hydrogen (secondary N) is 1. The number of allylic oxidation sites excluding steroid dienone is 1. The Labute approximate surface area is 76.5 Å². The highest BCUT2D eigenvalue weighted by Crippen LogP contribution is 2.13. The molecule has 1 N–H and O–H groups in total. The van der Waals surface area contributed by atoms with Gasteiger partial charge in [0.15, 0.2) is 0 Å². The maximum absolute atomic E-state index is 4.41. The van der Waals surface area contributed by atoms with Crippen molar-refractivity contribution in [3.63, 3.8) is 0 Å². The van der Waals surface area contributed by atoms with E-state index in [0.29, 0.717) is 0 Å². The molecule has 0 aliphatic carbocycles. The average molecular weight is 173 g/mol. The minimum absolute atomic E-state index is 0.772. The molecule has 0 aliphatic heterocycles. The number of nitrogens with zero attached hydrogens (tertiary/aromatic N) is 2. The normalized spacial score (nSPS) is 10.5. The molecule has 0 unspecified atom stereocenters. The summed E-state index contributed by atoms with van der Waals surface area (Å²) in [6.45, 7) is 5.63. The van der Waals surface area contributed by atoms with E-state index in [1.165, 1.54) is 0 Å². The van der Waals surface area contributed by atoms with Crippen LogP contribution in [0.3, 0.4) is 0 Å². The van der Waals surface area contributed by atoms with Crippen molar-refractivity contribution in [2.45, 2.75) is 13.3 Å². The van der Waals surface area contributed by atoms with E-state index < -0.39 is 0 Å². The number of rotatable bonds is 2. The third kappa shape index (κ3) is 1.33. The predicted molar refractivity (Wildman–Crippen MR) is 52.5 cm³/mol. The number of hydrogen-bond donors (Lipinski definition) is 1. The molecule has 2 rings (SSSR count). The van der Waals surface area contributed by atoms with Gasteiger partial charge in [0.2, 0.25) is 0 Å². The van der Waals surface area contributed by atoms with Crippen molar-refractivity contribution >= 4 is 11.0 Å². The van der Waals surface area contributed by atoms with Crippen LogP contribution >= 0.6 is 0 Å². The van der Waals surface area contributed by atoms with Crippen LogP contribution in [0.5, 0.6) is 0 Å². The standard InChI is InChI=1S/C10H11N3/c1-3-4-9-12-8-5-6-11-7(2)10(8)13-9/h3,5-6H,1,4H2,2H3,(H,12,13). The highest BCUT2D eigenvalue weighted by molar-refractivity contribution is 5.76. The molecule has 13 heavy (non-hydrogen) atoms. The zero-order chi connectivity index (χ0) is 9.26. The first kappa shape index (κ1) is 7.98. The van der Waals surface area contributed by atoms with Crippen molar-refractivity contribution in [2.75, 3.05) is 0 Å². The number of H-pyrrole nitrogens is 1. The minimum atomic E-state index is 0.772. The van der Waals surface area contributed by atoms with Gasteiger partial charge in [0.1, 0.15) is 11.3 Å². The van der Waals surface area contributed by atoms with Crippen molar-refractivity contribution in [1.29, 1.82) is 0 Å². The number of imidazole rings is 1. The molecule has 2 aromatic heterocycles. The van der Waals surface area contributed by atoms with E-state index in [-0.39, 0.29) is 0 Å². The quantitative estimate of drug-likeness (QED) is 0.705. The molecular formula is C10H11N3. The fraction of sp³-hybridized carbons (Fsp3) is 0.200.